The van der Waals surface area contributed by atoms with Gasteiger partial charge in [-0.25, -0.2) is 0 Å². The van der Waals surface area contributed by atoms with Crippen LogP contribution in [-0.2, 0) is 0 Å². The van der Waals surface area contributed by atoms with Gasteiger partial charge in [0.25, 0.3) is 0 Å². The Labute approximate surface area is 110 Å². The number of hydrogen-bond acceptors (Lipinski definition) is 8. The Balaban J connectivity index is 0.00000324. The maximum Gasteiger partial charge on any atom is 0.118 e. The molecule has 0 bridgehead atoms. The molecule has 1 aliphatic rings. The maximum absolute atomic E-state index is 9.93. The summed E-state index contributed by atoms with van der Waals surface area (Å²) in [5, 5.41) is 68.4. The van der Waals surface area contributed by atoms with Crippen molar-refractivity contribution in [2.45, 2.75) is 42.4 Å². The van der Waals surface area contributed by atoms with Crippen LogP contribution in [-0.4, -0.2) is 97.0 Å². The minimum absolute atomic E-state index is 0. The maximum atomic E-state index is 9.93. The van der Waals surface area contributed by atoms with E-state index in [0.717, 1.165) is 0 Å². The minimum Gasteiger partial charge on any atom is -0.412 e. The quantitative estimate of drug-likeness (QED) is 0.246. The van der Waals surface area contributed by atoms with Crippen molar-refractivity contribution in [3.8, 4) is 0 Å². The highest BCUT2D eigenvalue weighted by molar-refractivity contribution is 5.05. The van der Waals surface area contributed by atoms with E-state index < -0.39 is 55.8 Å². The monoisotopic (exact) mass is 285 g/mol. The van der Waals surface area contributed by atoms with Crippen LogP contribution in [0.1, 0.15) is 6.42 Å². The third kappa shape index (κ3) is 3.81. The van der Waals surface area contributed by atoms with E-state index in [0.29, 0.717) is 0 Å². The first-order valence-electron chi connectivity index (χ1n) is 5.74. The normalized spacial score (nSPS) is 39.2. The molecule has 0 saturated heterocycles. The summed E-state index contributed by atoms with van der Waals surface area (Å²) < 4.78 is 0. The van der Waals surface area contributed by atoms with Crippen molar-refractivity contribution in [2.24, 2.45) is 0 Å². The molecule has 0 aliphatic heterocycles. The lowest BCUT2D eigenvalue weighted by molar-refractivity contribution is -0.207. The minimum atomic E-state index is -1.94. The first-order chi connectivity index (χ1) is 8.39. The van der Waals surface area contributed by atoms with E-state index in [9.17, 15) is 20.4 Å². The van der Waals surface area contributed by atoms with Gasteiger partial charge >= 0.3 is 0 Å². The molecule has 9 heteroatoms. The Kier molecular flexibility index (Phi) is 7.29. The molecule has 9 nitrogen and oxygen atoms in total. The molecule has 10 N–H and O–H groups in total. The fourth-order valence-corrected chi connectivity index (χ4v) is 2.15. The number of aliphatic hydroxyl groups excluding tert-OH is 6. The SMILES string of the molecule is O.OCC(CO)NC1CC(O)(CO)C(O)C(O)C1O. The van der Waals surface area contributed by atoms with Crippen molar-refractivity contribution in [3.05, 3.63) is 0 Å². The molecule has 5 unspecified atom stereocenters. The van der Waals surface area contributed by atoms with Crippen molar-refractivity contribution in [3.63, 3.8) is 0 Å². The molecule has 1 rings (SSSR count). The van der Waals surface area contributed by atoms with Crippen molar-refractivity contribution in [1.82, 2.24) is 5.32 Å². The van der Waals surface area contributed by atoms with Crippen molar-refractivity contribution >= 4 is 0 Å². The number of aliphatic hydroxyl groups is 7. The van der Waals surface area contributed by atoms with Crippen LogP contribution in [0, 0.1) is 0 Å². The summed E-state index contributed by atoms with van der Waals surface area (Å²) >= 11 is 0. The highest BCUT2D eigenvalue weighted by Crippen LogP contribution is 2.29. The second-order valence-electron chi connectivity index (χ2n) is 4.73. The molecule has 0 spiro atoms. The molecule has 1 fully saturated rings. The zero-order chi connectivity index (χ0) is 13.9. The highest BCUT2D eigenvalue weighted by Gasteiger charge is 2.51. The summed E-state index contributed by atoms with van der Waals surface area (Å²) in [5.74, 6) is 0. The van der Waals surface area contributed by atoms with Gasteiger partial charge in [-0.2, -0.15) is 0 Å². The van der Waals surface area contributed by atoms with Crippen LogP contribution in [0.25, 0.3) is 0 Å². The number of hydrogen-bond donors (Lipinski definition) is 8. The molecule has 5 atom stereocenters. The summed E-state index contributed by atoms with van der Waals surface area (Å²) in [5.41, 5.74) is -1.94. The third-order valence-electron chi connectivity index (χ3n) is 3.37. The molecular formula is C10H23NO8. The molecular weight excluding hydrogens is 262 g/mol. The lowest BCUT2D eigenvalue weighted by Gasteiger charge is -2.46. The van der Waals surface area contributed by atoms with Gasteiger partial charge in [-0.3, -0.25) is 0 Å². The summed E-state index contributed by atoms with van der Waals surface area (Å²) in [4.78, 5) is 0. The highest BCUT2D eigenvalue weighted by atomic mass is 16.4. The fraction of sp³-hybridized carbons (Fsp3) is 1.00. The molecule has 0 aromatic heterocycles. The summed E-state index contributed by atoms with van der Waals surface area (Å²) in [6.07, 6.45) is -4.91. The molecule has 19 heavy (non-hydrogen) atoms. The molecule has 0 heterocycles. The average molecular weight is 285 g/mol. The topological polar surface area (TPSA) is 185 Å². The van der Waals surface area contributed by atoms with E-state index >= 15 is 0 Å². The van der Waals surface area contributed by atoms with Crippen LogP contribution in [0.5, 0.6) is 0 Å². The Hall–Kier alpha value is -0.360. The first-order valence-corrected chi connectivity index (χ1v) is 5.74. The molecule has 116 valence electrons. The Morgan fingerprint density at radius 3 is 2.00 bits per heavy atom. The van der Waals surface area contributed by atoms with Crippen LogP contribution in [0.2, 0.25) is 0 Å². The summed E-state index contributed by atoms with van der Waals surface area (Å²) in [6.45, 7) is -1.56. The van der Waals surface area contributed by atoms with E-state index in [1.807, 2.05) is 0 Å². The molecule has 0 amide bonds. The van der Waals surface area contributed by atoms with Crippen molar-refractivity contribution < 1.29 is 41.2 Å². The van der Waals surface area contributed by atoms with E-state index in [1.165, 1.54) is 0 Å². The van der Waals surface area contributed by atoms with Gasteiger partial charge in [-0.15, -0.1) is 0 Å². The van der Waals surface area contributed by atoms with Gasteiger partial charge < -0.3 is 46.5 Å². The van der Waals surface area contributed by atoms with Crippen LogP contribution in [0.15, 0.2) is 0 Å². The predicted octanol–water partition coefficient (Wildman–Crippen LogP) is -5.32. The van der Waals surface area contributed by atoms with E-state index in [1.54, 1.807) is 0 Å². The van der Waals surface area contributed by atoms with Gasteiger partial charge in [-0.1, -0.05) is 0 Å². The number of rotatable bonds is 5. The van der Waals surface area contributed by atoms with Crippen molar-refractivity contribution in [1.29, 1.82) is 0 Å². The van der Waals surface area contributed by atoms with Gasteiger partial charge in [0, 0.05) is 6.04 Å². The standard InChI is InChI=1S/C10H21NO7.H2O/c12-2-5(3-13)11-6-1-10(18,4-14)9(17)8(16)7(6)15;/h5-9,11-18H,1-4H2;1H2. The van der Waals surface area contributed by atoms with E-state index in [4.69, 9.17) is 15.3 Å². The summed E-state index contributed by atoms with van der Waals surface area (Å²) in [7, 11) is 0. The van der Waals surface area contributed by atoms with Gasteiger partial charge in [0.15, 0.2) is 0 Å². The lowest BCUT2D eigenvalue weighted by Crippen LogP contribution is -2.68. The van der Waals surface area contributed by atoms with Gasteiger partial charge in [0.2, 0.25) is 0 Å². The van der Waals surface area contributed by atoms with Gasteiger partial charge in [-0.05, 0) is 6.42 Å². The van der Waals surface area contributed by atoms with E-state index in [2.05, 4.69) is 5.32 Å². The zero-order valence-corrected chi connectivity index (χ0v) is 10.3. The lowest BCUT2D eigenvalue weighted by atomic mass is 9.76. The molecule has 1 saturated carbocycles. The first kappa shape index (κ1) is 18.6. The molecule has 1 aliphatic carbocycles. The second kappa shape index (κ2) is 7.43. The largest absolute Gasteiger partial charge is 0.412 e. The fourth-order valence-electron chi connectivity index (χ4n) is 2.15. The predicted molar refractivity (Wildman–Crippen MR) is 63.2 cm³/mol. The van der Waals surface area contributed by atoms with Crippen LogP contribution in [0.3, 0.4) is 0 Å². The molecule has 0 aromatic carbocycles. The Morgan fingerprint density at radius 1 is 1.05 bits per heavy atom. The van der Waals surface area contributed by atoms with Crippen LogP contribution in [0.4, 0.5) is 0 Å². The van der Waals surface area contributed by atoms with E-state index in [-0.39, 0.29) is 11.9 Å². The second-order valence-corrected chi connectivity index (χ2v) is 4.73. The summed E-state index contributed by atoms with van der Waals surface area (Å²) in [6, 6.07) is -1.60. The number of nitrogens with one attached hydrogen (secondary N) is 1. The molecule has 0 aromatic rings. The smallest absolute Gasteiger partial charge is 0.118 e. The Bertz CT molecular complexity index is 264. The Morgan fingerprint density at radius 2 is 1.58 bits per heavy atom. The van der Waals surface area contributed by atoms with Crippen LogP contribution < -0.4 is 5.32 Å². The van der Waals surface area contributed by atoms with Gasteiger partial charge in [0.1, 0.15) is 17.8 Å². The average Bonchev–Trinajstić information content (AvgIpc) is 2.39. The van der Waals surface area contributed by atoms with Gasteiger partial charge in [0.05, 0.1) is 32.0 Å². The molecule has 0 radical (unpaired) electrons. The third-order valence-corrected chi connectivity index (χ3v) is 3.37. The van der Waals surface area contributed by atoms with Crippen LogP contribution >= 0.6 is 0 Å². The van der Waals surface area contributed by atoms with Crippen molar-refractivity contribution in [2.75, 3.05) is 19.8 Å². The zero-order valence-electron chi connectivity index (χ0n) is 10.3.